The molecule has 0 aromatic carbocycles. The third kappa shape index (κ3) is 3.15. The van der Waals surface area contributed by atoms with E-state index >= 15 is 0 Å². The molecule has 1 saturated heterocycles. The molecule has 15 heavy (non-hydrogen) atoms. The fourth-order valence-electron chi connectivity index (χ4n) is 1.74. The number of ether oxygens (including phenoxy) is 1. The van der Waals surface area contributed by atoms with Crippen LogP contribution >= 0.6 is 0 Å². The first kappa shape index (κ1) is 12.4. The molecule has 3 N–H and O–H groups in total. The molecule has 0 spiro atoms. The van der Waals surface area contributed by atoms with E-state index < -0.39 is 6.04 Å². The average Bonchev–Trinajstić information content (AvgIpc) is 2.28. The highest BCUT2D eigenvalue weighted by Crippen LogP contribution is 2.09. The number of aliphatic hydroxyl groups excluding tert-OH is 1. The molecule has 0 aliphatic carbocycles. The van der Waals surface area contributed by atoms with Gasteiger partial charge in [0.2, 0.25) is 5.91 Å². The van der Waals surface area contributed by atoms with Gasteiger partial charge in [-0.3, -0.25) is 4.79 Å². The van der Waals surface area contributed by atoms with Gasteiger partial charge in [-0.05, 0) is 6.42 Å². The summed E-state index contributed by atoms with van der Waals surface area (Å²) in [6.07, 6.45) is 1.58. The number of morpholine rings is 1. The van der Waals surface area contributed by atoms with Crippen LogP contribution in [0.15, 0.2) is 0 Å². The van der Waals surface area contributed by atoms with E-state index in [1.165, 1.54) is 0 Å². The van der Waals surface area contributed by atoms with E-state index in [-0.39, 0.29) is 18.6 Å². The number of nitrogens with zero attached hydrogens (tertiary/aromatic N) is 1. The smallest absolute Gasteiger partial charge is 0.239 e. The number of amides is 1. The fraction of sp³-hybridized carbons (Fsp3) is 0.900. The average molecular weight is 216 g/mol. The summed E-state index contributed by atoms with van der Waals surface area (Å²) in [5.41, 5.74) is 5.76. The van der Waals surface area contributed by atoms with Gasteiger partial charge in [-0.25, -0.2) is 0 Å². The minimum Gasteiger partial charge on any atom is -0.394 e. The Morgan fingerprint density at radius 3 is 3.07 bits per heavy atom. The molecule has 1 heterocycles. The Balaban J connectivity index is 2.55. The van der Waals surface area contributed by atoms with Gasteiger partial charge >= 0.3 is 0 Å². The SMILES string of the molecule is CCC[C@@H](N)C(=O)N1CCOCC1CO. The molecule has 1 aliphatic heterocycles. The standard InChI is InChI=1S/C10H20N2O3/c1-2-3-9(11)10(14)12-4-5-15-7-8(12)6-13/h8-9,13H,2-7,11H2,1H3/t8?,9-/m1/s1. The van der Waals surface area contributed by atoms with Crippen molar-refractivity contribution in [2.45, 2.75) is 31.8 Å². The lowest BCUT2D eigenvalue weighted by atomic mass is 10.1. The summed E-state index contributed by atoms with van der Waals surface area (Å²) >= 11 is 0. The van der Waals surface area contributed by atoms with Crippen molar-refractivity contribution < 1.29 is 14.6 Å². The Kier molecular flexibility index (Phi) is 5.01. The second kappa shape index (κ2) is 6.05. The molecule has 5 nitrogen and oxygen atoms in total. The molecule has 88 valence electrons. The van der Waals surface area contributed by atoms with Crippen LogP contribution in [0.2, 0.25) is 0 Å². The Morgan fingerprint density at radius 2 is 2.47 bits per heavy atom. The molecule has 0 saturated carbocycles. The van der Waals surface area contributed by atoms with Crippen LogP contribution in [0.1, 0.15) is 19.8 Å². The van der Waals surface area contributed by atoms with Gasteiger partial charge < -0.3 is 20.5 Å². The van der Waals surface area contributed by atoms with Crippen LogP contribution in [0.4, 0.5) is 0 Å². The normalized spacial score (nSPS) is 23.9. The van der Waals surface area contributed by atoms with Gasteiger partial charge in [0.05, 0.1) is 31.9 Å². The van der Waals surface area contributed by atoms with Crippen molar-refractivity contribution in [3.8, 4) is 0 Å². The highest BCUT2D eigenvalue weighted by atomic mass is 16.5. The van der Waals surface area contributed by atoms with E-state index in [0.29, 0.717) is 26.2 Å². The Bertz CT molecular complexity index is 211. The van der Waals surface area contributed by atoms with Crippen LogP contribution in [-0.4, -0.2) is 54.4 Å². The number of carbonyl (C=O) groups is 1. The van der Waals surface area contributed by atoms with Crippen molar-refractivity contribution in [1.29, 1.82) is 0 Å². The number of hydrogen-bond acceptors (Lipinski definition) is 4. The van der Waals surface area contributed by atoms with E-state index in [1.807, 2.05) is 6.92 Å². The minimum atomic E-state index is -0.442. The van der Waals surface area contributed by atoms with Crippen molar-refractivity contribution >= 4 is 5.91 Å². The lowest BCUT2D eigenvalue weighted by Crippen LogP contribution is -2.55. The molecule has 5 heteroatoms. The van der Waals surface area contributed by atoms with Gasteiger partial charge in [-0.15, -0.1) is 0 Å². The maximum absolute atomic E-state index is 11.9. The molecular weight excluding hydrogens is 196 g/mol. The lowest BCUT2D eigenvalue weighted by Gasteiger charge is -2.36. The second-order valence-electron chi connectivity index (χ2n) is 3.84. The van der Waals surface area contributed by atoms with Gasteiger partial charge in [0.1, 0.15) is 0 Å². The van der Waals surface area contributed by atoms with Crippen LogP contribution in [0, 0.1) is 0 Å². The monoisotopic (exact) mass is 216 g/mol. The number of hydrogen-bond donors (Lipinski definition) is 2. The minimum absolute atomic E-state index is 0.0649. The largest absolute Gasteiger partial charge is 0.394 e. The lowest BCUT2D eigenvalue weighted by molar-refractivity contribution is -0.143. The van der Waals surface area contributed by atoms with Gasteiger partial charge in [-0.2, -0.15) is 0 Å². The van der Waals surface area contributed by atoms with Crippen LogP contribution < -0.4 is 5.73 Å². The maximum atomic E-state index is 11.9. The van der Waals surface area contributed by atoms with Crippen molar-refractivity contribution in [2.75, 3.05) is 26.4 Å². The molecule has 1 aliphatic rings. The first-order chi connectivity index (χ1) is 7.20. The van der Waals surface area contributed by atoms with Gasteiger partial charge in [0, 0.05) is 6.54 Å². The zero-order chi connectivity index (χ0) is 11.3. The molecule has 0 radical (unpaired) electrons. The van der Waals surface area contributed by atoms with Gasteiger partial charge in [0.15, 0.2) is 0 Å². The molecule has 1 rings (SSSR count). The van der Waals surface area contributed by atoms with Gasteiger partial charge in [-0.1, -0.05) is 13.3 Å². The highest BCUT2D eigenvalue weighted by molar-refractivity contribution is 5.82. The first-order valence-corrected chi connectivity index (χ1v) is 5.45. The third-order valence-electron chi connectivity index (χ3n) is 2.64. The van der Waals surface area contributed by atoms with Crippen LogP contribution in [0.25, 0.3) is 0 Å². The Hall–Kier alpha value is -0.650. The molecule has 0 aromatic rings. The van der Waals surface area contributed by atoms with E-state index in [0.717, 1.165) is 6.42 Å². The first-order valence-electron chi connectivity index (χ1n) is 5.45. The topological polar surface area (TPSA) is 75.8 Å². The van der Waals surface area contributed by atoms with Crippen LogP contribution in [-0.2, 0) is 9.53 Å². The summed E-state index contributed by atoms with van der Waals surface area (Å²) in [6, 6.07) is -0.670. The summed E-state index contributed by atoms with van der Waals surface area (Å²) in [5.74, 6) is -0.0702. The molecule has 2 atom stereocenters. The summed E-state index contributed by atoms with van der Waals surface area (Å²) in [4.78, 5) is 13.5. The number of nitrogens with two attached hydrogens (primary N) is 1. The van der Waals surface area contributed by atoms with E-state index in [9.17, 15) is 4.79 Å². The number of carbonyl (C=O) groups excluding carboxylic acids is 1. The van der Waals surface area contributed by atoms with Crippen LogP contribution in [0.3, 0.4) is 0 Å². The van der Waals surface area contributed by atoms with Crippen molar-refractivity contribution in [1.82, 2.24) is 4.90 Å². The molecular formula is C10H20N2O3. The molecule has 1 amide bonds. The van der Waals surface area contributed by atoms with Crippen molar-refractivity contribution in [3.63, 3.8) is 0 Å². The zero-order valence-corrected chi connectivity index (χ0v) is 9.19. The number of aliphatic hydroxyl groups is 1. The quantitative estimate of drug-likeness (QED) is 0.653. The summed E-state index contributed by atoms with van der Waals surface area (Å²) < 4.78 is 5.20. The number of rotatable bonds is 4. The fourth-order valence-corrected chi connectivity index (χ4v) is 1.74. The van der Waals surface area contributed by atoms with E-state index in [4.69, 9.17) is 15.6 Å². The second-order valence-corrected chi connectivity index (χ2v) is 3.84. The summed E-state index contributed by atoms with van der Waals surface area (Å²) in [7, 11) is 0. The summed E-state index contributed by atoms with van der Waals surface area (Å²) in [6.45, 7) is 3.39. The Morgan fingerprint density at radius 1 is 1.73 bits per heavy atom. The molecule has 0 bridgehead atoms. The zero-order valence-electron chi connectivity index (χ0n) is 9.19. The summed E-state index contributed by atoms with van der Waals surface area (Å²) in [5, 5.41) is 9.11. The predicted octanol–water partition coefficient (Wildman–Crippen LogP) is -0.666. The Labute approximate surface area is 90.2 Å². The predicted molar refractivity (Wildman–Crippen MR) is 56.3 cm³/mol. The third-order valence-corrected chi connectivity index (χ3v) is 2.64. The van der Waals surface area contributed by atoms with Crippen molar-refractivity contribution in [3.05, 3.63) is 0 Å². The van der Waals surface area contributed by atoms with Gasteiger partial charge in [0.25, 0.3) is 0 Å². The van der Waals surface area contributed by atoms with Crippen molar-refractivity contribution in [2.24, 2.45) is 5.73 Å². The molecule has 1 fully saturated rings. The highest BCUT2D eigenvalue weighted by Gasteiger charge is 2.29. The molecule has 0 aromatic heterocycles. The maximum Gasteiger partial charge on any atom is 0.239 e. The van der Waals surface area contributed by atoms with E-state index in [1.54, 1.807) is 4.90 Å². The van der Waals surface area contributed by atoms with Crippen LogP contribution in [0.5, 0.6) is 0 Å². The molecule has 1 unspecified atom stereocenters. The van der Waals surface area contributed by atoms with E-state index in [2.05, 4.69) is 0 Å².